The first kappa shape index (κ1) is 15.8. The molecule has 0 spiro atoms. The quantitative estimate of drug-likeness (QED) is 0.673. The first-order chi connectivity index (χ1) is 10.3. The summed E-state index contributed by atoms with van der Waals surface area (Å²) >= 11 is 0. The standard InChI is InChI=1S/C17H26BNO3/c1-16(2)17(3,4)22-18(21-16)14-10-12(7-8-15(14)19)13-6-5-9-20-11-13/h7-8,10,13H,5-6,9,11,19H2,1-4H3. The average molecular weight is 303 g/mol. The highest BCUT2D eigenvalue weighted by Gasteiger charge is 2.52. The van der Waals surface area contributed by atoms with Crippen LogP contribution in [0, 0.1) is 0 Å². The molecule has 0 bridgehead atoms. The fourth-order valence-electron chi connectivity index (χ4n) is 3.02. The molecule has 5 heteroatoms. The Hall–Kier alpha value is -1.04. The van der Waals surface area contributed by atoms with Crippen LogP contribution in [0.4, 0.5) is 5.69 Å². The molecule has 0 aromatic heterocycles. The van der Waals surface area contributed by atoms with E-state index in [9.17, 15) is 0 Å². The van der Waals surface area contributed by atoms with Crippen molar-refractivity contribution in [3.8, 4) is 0 Å². The summed E-state index contributed by atoms with van der Waals surface area (Å²) in [4.78, 5) is 0. The van der Waals surface area contributed by atoms with E-state index in [1.807, 2.05) is 6.07 Å². The Morgan fingerprint density at radius 3 is 2.41 bits per heavy atom. The minimum Gasteiger partial charge on any atom is -0.399 e. The molecule has 2 fully saturated rings. The summed E-state index contributed by atoms with van der Waals surface area (Å²) in [5, 5.41) is 0. The highest BCUT2D eigenvalue weighted by Crippen LogP contribution is 2.37. The Morgan fingerprint density at radius 1 is 1.14 bits per heavy atom. The van der Waals surface area contributed by atoms with Crippen LogP contribution >= 0.6 is 0 Å². The fourth-order valence-corrected chi connectivity index (χ4v) is 3.02. The Morgan fingerprint density at radius 2 is 1.82 bits per heavy atom. The van der Waals surface area contributed by atoms with E-state index in [1.165, 1.54) is 5.56 Å². The van der Waals surface area contributed by atoms with Crippen molar-refractivity contribution in [3.05, 3.63) is 23.8 Å². The smallest absolute Gasteiger partial charge is 0.399 e. The van der Waals surface area contributed by atoms with E-state index in [4.69, 9.17) is 19.8 Å². The molecule has 1 aromatic rings. The normalized spacial score (nSPS) is 27.1. The van der Waals surface area contributed by atoms with Crippen LogP contribution in [0.25, 0.3) is 0 Å². The highest BCUT2D eigenvalue weighted by molar-refractivity contribution is 6.63. The molecule has 2 N–H and O–H groups in total. The van der Waals surface area contributed by atoms with E-state index in [0.29, 0.717) is 5.92 Å². The fraction of sp³-hybridized carbons (Fsp3) is 0.647. The molecule has 0 amide bonds. The molecule has 0 saturated carbocycles. The molecular formula is C17H26BNO3. The molecule has 2 heterocycles. The summed E-state index contributed by atoms with van der Waals surface area (Å²) in [7, 11) is -0.408. The molecule has 3 rings (SSSR count). The Bertz CT molecular complexity index is 537. The van der Waals surface area contributed by atoms with Gasteiger partial charge in [-0.2, -0.15) is 0 Å². The summed E-state index contributed by atoms with van der Waals surface area (Å²) in [6.07, 6.45) is 2.27. The van der Waals surface area contributed by atoms with Crippen molar-refractivity contribution in [1.82, 2.24) is 0 Å². The van der Waals surface area contributed by atoms with Crippen LogP contribution in [-0.4, -0.2) is 31.5 Å². The molecule has 120 valence electrons. The van der Waals surface area contributed by atoms with Gasteiger partial charge in [0.2, 0.25) is 0 Å². The number of nitrogen functional groups attached to an aromatic ring is 1. The lowest BCUT2D eigenvalue weighted by Crippen LogP contribution is -2.41. The van der Waals surface area contributed by atoms with Crippen molar-refractivity contribution in [2.75, 3.05) is 18.9 Å². The number of hydrogen-bond donors (Lipinski definition) is 1. The maximum atomic E-state index is 6.18. The second-order valence-electron chi connectivity index (χ2n) is 7.39. The summed E-state index contributed by atoms with van der Waals surface area (Å²) in [5.41, 5.74) is 8.39. The lowest BCUT2D eigenvalue weighted by molar-refractivity contribution is 0.00578. The van der Waals surface area contributed by atoms with Gasteiger partial charge in [0.1, 0.15) is 0 Å². The van der Waals surface area contributed by atoms with E-state index in [1.54, 1.807) is 0 Å². The van der Waals surface area contributed by atoms with Gasteiger partial charge in [-0.15, -0.1) is 0 Å². The van der Waals surface area contributed by atoms with Crippen molar-refractivity contribution >= 4 is 18.3 Å². The molecule has 1 unspecified atom stereocenters. The van der Waals surface area contributed by atoms with Gasteiger partial charge in [0.15, 0.2) is 0 Å². The Balaban J connectivity index is 1.88. The van der Waals surface area contributed by atoms with Crippen molar-refractivity contribution in [3.63, 3.8) is 0 Å². The van der Waals surface area contributed by atoms with Crippen LogP contribution in [0.15, 0.2) is 18.2 Å². The molecule has 4 nitrogen and oxygen atoms in total. The predicted molar refractivity (Wildman–Crippen MR) is 89.4 cm³/mol. The van der Waals surface area contributed by atoms with Gasteiger partial charge >= 0.3 is 7.12 Å². The van der Waals surface area contributed by atoms with E-state index in [2.05, 4.69) is 39.8 Å². The highest BCUT2D eigenvalue weighted by atomic mass is 16.7. The van der Waals surface area contributed by atoms with Gasteiger partial charge in [-0.05, 0) is 52.2 Å². The third-order valence-corrected chi connectivity index (χ3v) is 5.25. The van der Waals surface area contributed by atoms with Gasteiger partial charge < -0.3 is 19.8 Å². The molecule has 0 radical (unpaired) electrons. The lowest BCUT2D eigenvalue weighted by Gasteiger charge is -2.32. The summed E-state index contributed by atoms with van der Waals surface area (Å²) in [5.74, 6) is 0.440. The Labute approximate surface area is 133 Å². The van der Waals surface area contributed by atoms with Gasteiger partial charge in [-0.25, -0.2) is 0 Å². The lowest BCUT2D eigenvalue weighted by atomic mass is 9.75. The zero-order chi connectivity index (χ0) is 16.0. The monoisotopic (exact) mass is 303 g/mol. The molecule has 1 atom stereocenters. The van der Waals surface area contributed by atoms with Crippen LogP contribution in [-0.2, 0) is 14.0 Å². The minimum atomic E-state index is -0.408. The van der Waals surface area contributed by atoms with Gasteiger partial charge in [-0.3, -0.25) is 0 Å². The minimum absolute atomic E-state index is 0.353. The van der Waals surface area contributed by atoms with Crippen LogP contribution in [0.2, 0.25) is 0 Å². The van der Waals surface area contributed by atoms with Crippen molar-refractivity contribution < 1.29 is 14.0 Å². The number of ether oxygens (including phenoxy) is 1. The molecular weight excluding hydrogens is 277 g/mol. The van der Waals surface area contributed by atoms with E-state index < -0.39 is 7.12 Å². The number of rotatable bonds is 2. The van der Waals surface area contributed by atoms with Crippen molar-refractivity contribution in [1.29, 1.82) is 0 Å². The second-order valence-corrected chi connectivity index (χ2v) is 7.39. The number of nitrogens with two attached hydrogens (primary N) is 1. The number of benzene rings is 1. The topological polar surface area (TPSA) is 53.7 Å². The van der Waals surface area contributed by atoms with Gasteiger partial charge in [0.05, 0.1) is 17.8 Å². The molecule has 2 aliphatic heterocycles. The van der Waals surface area contributed by atoms with Gasteiger partial charge in [0.25, 0.3) is 0 Å². The number of anilines is 1. The third kappa shape index (κ3) is 2.77. The van der Waals surface area contributed by atoms with Crippen LogP contribution in [0.1, 0.15) is 52.0 Å². The summed E-state index contributed by atoms with van der Waals surface area (Å²) in [6.45, 7) is 9.89. The maximum absolute atomic E-state index is 6.18. The van der Waals surface area contributed by atoms with Crippen LogP contribution in [0.3, 0.4) is 0 Å². The van der Waals surface area contributed by atoms with E-state index in [-0.39, 0.29) is 11.2 Å². The third-order valence-electron chi connectivity index (χ3n) is 5.25. The van der Waals surface area contributed by atoms with Crippen molar-refractivity contribution in [2.24, 2.45) is 0 Å². The SMILES string of the molecule is CC1(C)OB(c2cc(C3CCCOC3)ccc2N)OC1(C)C. The average Bonchev–Trinajstić information content (AvgIpc) is 2.69. The van der Waals surface area contributed by atoms with E-state index in [0.717, 1.165) is 37.2 Å². The first-order valence-corrected chi connectivity index (χ1v) is 8.13. The zero-order valence-corrected chi connectivity index (χ0v) is 14.0. The van der Waals surface area contributed by atoms with Crippen LogP contribution < -0.4 is 11.2 Å². The molecule has 22 heavy (non-hydrogen) atoms. The zero-order valence-electron chi connectivity index (χ0n) is 14.0. The van der Waals surface area contributed by atoms with Crippen molar-refractivity contribution in [2.45, 2.75) is 57.7 Å². The maximum Gasteiger partial charge on any atom is 0.496 e. The Kier molecular flexibility index (Phi) is 4.00. The van der Waals surface area contributed by atoms with Gasteiger partial charge in [-0.1, -0.05) is 12.1 Å². The number of hydrogen-bond acceptors (Lipinski definition) is 4. The predicted octanol–water partition coefficient (Wildman–Crippen LogP) is 2.46. The first-order valence-electron chi connectivity index (χ1n) is 8.13. The summed E-state index contributed by atoms with van der Waals surface area (Å²) in [6, 6.07) is 6.20. The van der Waals surface area contributed by atoms with Gasteiger partial charge in [0, 0.05) is 23.7 Å². The van der Waals surface area contributed by atoms with Crippen LogP contribution in [0.5, 0.6) is 0 Å². The molecule has 2 saturated heterocycles. The largest absolute Gasteiger partial charge is 0.496 e. The van der Waals surface area contributed by atoms with E-state index >= 15 is 0 Å². The molecule has 0 aliphatic carbocycles. The summed E-state index contributed by atoms with van der Waals surface area (Å²) < 4.78 is 17.9. The molecule has 2 aliphatic rings. The second kappa shape index (κ2) is 5.55. The molecule has 1 aromatic carbocycles.